The molecule has 6 nitrogen and oxygen atoms in total. The summed E-state index contributed by atoms with van der Waals surface area (Å²) >= 11 is 4.71. The summed E-state index contributed by atoms with van der Waals surface area (Å²) in [5.74, 6) is -0.861. The molecule has 3 aromatic rings. The van der Waals surface area contributed by atoms with Gasteiger partial charge in [-0.1, -0.05) is 24.3 Å². The molecule has 3 rings (SSSR count). The Labute approximate surface area is 180 Å². The highest BCUT2D eigenvalue weighted by atomic mass is 79.9. The second-order valence-corrected chi connectivity index (χ2v) is 8.00. The van der Waals surface area contributed by atoms with Gasteiger partial charge in [0.15, 0.2) is 0 Å². The summed E-state index contributed by atoms with van der Waals surface area (Å²) in [6.07, 6.45) is 0. The number of carbonyl (C=O) groups is 3. The van der Waals surface area contributed by atoms with Crippen molar-refractivity contribution in [2.45, 2.75) is 0 Å². The van der Waals surface area contributed by atoms with Gasteiger partial charge in [0.1, 0.15) is 0 Å². The van der Waals surface area contributed by atoms with Gasteiger partial charge in [0.05, 0.1) is 17.1 Å². The number of thiophene rings is 1. The number of rotatable bonds is 6. The van der Waals surface area contributed by atoms with Gasteiger partial charge in [-0.2, -0.15) is 0 Å². The van der Waals surface area contributed by atoms with E-state index in [0.29, 0.717) is 21.8 Å². The molecule has 0 aliphatic carbocycles. The number of likely N-dealkylation sites (N-methyl/N-ethyl adjacent to an activating group) is 1. The van der Waals surface area contributed by atoms with E-state index in [1.54, 1.807) is 49.5 Å². The smallest absolute Gasteiger partial charge is 0.265 e. The van der Waals surface area contributed by atoms with E-state index < -0.39 is 0 Å². The number of hydrogen-bond donors (Lipinski definition) is 2. The Hall–Kier alpha value is -2.97. The quantitative estimate of drug-likeness (QED) is 0.556. The molecule has 0 bridgehead atoms. The lowest BCUT2D eigenvalue weighted by Gasteiger charge is -2.17. The Kier molecular flexibility index (Phi) is 6.79. The Morgan fingerprint density at radius 2 is 1.79 bits per heavy atom. The fourth-order valence-corrected chi connectivity index (χ4v) is 3.59. The number of carbonyl (C=O) groups excluding carboxylic acids is 3. The van der Waals surface area contributed by atoms with Gasteiger partial charge in [0, 0.05) is 22.8 Å². The molecule has 3 amide bonds. The Balaban J connectivity index is 1.62. The minimum absolute atomic E-state index is 0.105. The first-order valence-corrected chi connectivity index (χ1v) is 10.4. The van der Waals surface area contributed by atoms with Crippen molar-refractivity contribution in [1.29, 1.82) is 0 Å². The van der Waals surface area contributed by atoms with Crippen molar-refractivity contribution in [3.05, 3.63) is 81.0 Å². The molecular formula is C21H18BrN3O3S. The Bertz CT molecular complexity index is 1040. The molecule has 0 spiro atoms. The molecule has 1 heterocycles. The monoisotopic (exact) mass is 471 g/mol. The fourth-order valence-electron chi connectivity index (χ4n) is 2.59. The largest absolute Gasteiger partial charge is 0.332 e. The van der Waals surface area contributed by atoms with Crippen molar-refractivity contribution < 1.29 is 14.4 Å². The van der Waals surface area contributed by atoms with Crippen LogP contribution in [0.3, 0.4) is 0 Å². The number of anilines is 2. The zero-order chi connectivity index (χ0) is 20.8. The van der Waals surface area contributed by atoms with E-state index in [4.69, 9.17) is 0 Å². The van der Waals surface area contributed by atoms with Crippen LogP contribution < -0.4 is 10.6 Å². The first kappa shape index (κ1) is 20.8. The SMILES string of the molecule is CN(CC(=O)Nc1ccccc1Br)C(=O)c1cccc(NC(=O)c2cccs2)c1. The molecule has 1 aromatic heterocycles. The van der Waals surface area contributed by atoms with Crippen molar-refractivity contribution in [3.63, 3.8) is 0 Å². The summed E-state index contributed by atoms with van der Waals surface area (Å²) in [6.45, 7) is -0.105. The van der Waals surface area contributed by atoms with E-state index in [0.717, 1.165) is 4.47 Å². The highest BCUT2D eigenvalue weighted by Gasteiger charge is 2.16. The van der Waals surface area contributed by atoms with Crippen LogP contribution in [-0.4, -0.2) is 36.2 Å². The van der Waals surface area contributed by atoms with E-state index in [1.165, 1.54) is 16.2 Å². The van der Waals surface area contributed by atoms with Gasteiger partial charge in [0.25, 0.3) is 11.8 Å². The molecule has 0 unspecified atom stereocenters. The highest BCUT2D eigenvalue weighted by molar-refractivity contribution is 9.10. The molecule has 29 heavy (non-hydrogen) atoms. The highest BCUT2D eigenvalue weighted by Crippen LogP contribution is 2.21. The second kappa shape index (κ2) is 9.49. The summed E-state index contributed by atoms with van der Waals surface area (Å²) in [5, 5.41) is 7.36. The van der Waals surface area contributed by atoms with Crippen LogP contribution in [0, 0.1) is 0 Å². The van der Waals surface area contributed by atoms with E-state index in [-0.39, 0.29) is 24.3 Å². The van der Waals surface area contributed by atoms with Crippen molar-refractivity contribution in [1.82, 2.24) is 4.90 Å². The lowest BCUT2D eigenvalue weighted by atomic mass is 10.1. The summed E-state index contributed by atoms with van der Waals surface area (Å²) < 4.78 is 0.761. The minimum Gasteiger partial charge on any atom is -0.332 e. The molecule has 148 valence electrons. The van der Waals surface area contributed by atoms with Crippen LogP contribution in [0.15, 0.2) is 70.5 Å². The van der Waals surface area contributed by atoms with Crippen LogP contribution >= 0.6 is 27.3 Å². The topological polar surface area (TPSA) is 78.5 Å². The zero-order valence-electron chi connectivity index (χ0n) is 15.5. The second-order valence-electron chi connectivity index (χ2n) is 6.20. The predicted octanol–water partition coefficient (Wildman–Crippen LogP) is 4.47. The maximum Gasteiger partial charge on any atom is 0.265 e. The maximum atomic E-state index is 12.7. The number of para-hydroxylation sites is 1. The number of amides is 3. The predicted molar refractivity (Wildman–Crippen MR) is 118 cm³/mol. The molecule has 0 aliphatic heterocycles. The van der Waals surface area contributed by atoms with Crippen LogP contribution in [0.4, 0.5) is 11.4 Å². The van der Waals surface area contributed by atoms with Gasteiger partial charge in [-0.25, -0.2) is 0 Å². The zero-order valence-corrected chi connectivity index (χ0v) is 17.9. The minimum atomic E-state index is -0.320. The van der Waals surface area contributed by atoms with Gasteiger partial charge in [0.2, 0.25) is 5.91 Å². The number of hydrogen-bond acceptors (Lipinski definition) is 4. The van der Waals surface area contributed by atoms with Crippen molar-refractivity contribution in [2.75, 3.05) is 24.2 Å². The molecule has 8 heteroatoms. The van der Waals surface area contributed by atoms with Gasteiger partial charge in [-0.05, 0) is 57.7 Å². The average molecular weight is 472 g/mol. The molecular weight excluding hydrogens is 454 g/mol. The van der Waals surface area contributed by atoms with Crippen LogP contribution in [0.25, 0.3) is 0 Å². The number of benzene rings is 2. The van der Waals surface area contributed by atoms with E-state index in [2.05, 4.69) is 26.6 Å². The van der Waals surface area contributed by atoms with E-state index in [9.17, 15) is 14.4 Å². The fraction of sp³-hybridized carbons (Fsp3) is 0.0952. The molecule has 0 saturated carbocycles. The van der Waals surface area contributed by atoms with Gasteiger partial charge < -0.3 is 15.5 Å². The first-order valence-electron chi connectivity index (χ1n) is 8.69. The summed E-state index contributed by atoms with van der Waals surface area (Å²) in [6, 6.07) is 17.4. The summed E-state index contributed by atoms with van der Waals surface area (Å²) in [7, 11) is 1.55. The molecule has 0 radical (unpaired) electrons. The number of halogens is 1. The standard InChI is InChI=1S/C21H18BrN3O3S/c1-25(13-19(26)24-17-9-3-2-8-16(17)22)21(28)14-6-4-7-15(12-14)23-20(27)18-10-5-11-29-18/h2-12H,13H2,1H3,(H,23,27)(H,24,26). The first-order chi connectivity index (χ1) is 13.9. The molecule has 0 saturated heterocycles. The summed E-state index contributed by atoms with van der Waals surface area (Å²) in [4.78, 5) is 39.1. The molecule has 2 aromatic carbocycles. The van der Waals surface area contributed by atoms with Crippen LogP contribution in [0.2, 0.25) is 0 Å². The molecule has 0 fully saturated rings. The lowest BCUT2D eigenvalue weighted by Crippen LogP contribution is -2.35. The third-order valence-corrected chi connectivity index (χ3v) is 5.55. The number of nitrogens with one attached hydrogen (secondary N) is 2. The average Bonchev–Trinajstić information content (AvgIpc) is 3.24. The van der Waals surface area contributed by atoms with Gasteiger partial charge >= 0.3 is 0 Å². The normalized spacial score (nSPS) is 10.3. The van der Waals surface area contributed by atoms with Gasteiger partial charge in [-0.3, -0.25) is 14.4 Å². The number of nitrogens with zero attached hydrogens (tertiary/aromatic N) is 1. The molecule has 0 atom stereocenters. The van der Waals surface area contributed by atoms with E-state index >= 15 is 0 Å². The van der Waals surface area contributed by atoms with Crippen molar-refractivity contribution in [2.24, 2.45) is 0 Å². The van der Waals surface area contributed by atoms with Crippen molar-refractivity contribution >= 4 is 56.4 Å². The van der Waals surface area contributed by atoms with Crippen molar-refractivity contribution in [3.8, 4) is 0 Å². The van der Waals surface area contributed by atoms with Crippen LogP contribution in [0.5, 0.6) is 0 Å². The third-order valence-electron chi connectivity index (χ3n) is 3.99. The van der Waals surface area contributed by atoms with E-state index in [1.807, 2.05) is 23.6 Å². The summed E-state index contributed by atoms with van der Waals surface area (Å²) in [5.41, 5.74) is 1.53. The molecule has 2 N–H and O–H groups in total. The lowest BCUT2D eigenvalue weighted by molar-refractivity contribution is -0.116. The third kappa shape index (κ3) is 5.52. The van der Waals surface area contributed by atoms with Crippen LogP contribution in [0.1, 0.15) is 20.0 Å². The maximum absolute atomic E-state index is 12.7. The van der Waals surface area contributed by atoms with Crippen LogP contribution in [-0.2, 0) is 4.79 Å². The van der Waals surface area contributed by atoms with Gasteiger partial charge in [-0.15, -0.1) is 11.3 Å². The Morgan fingerprint density at radius 1 is 1.00 bits per heavy atom. The molecule has 0 aliphatic rings. The Morgan fingerprint density at radius 3 is 2.52 bits per heavy atom.